The Morgan fingerprint density at radius 2 is 2.00 bits per heavy atom. The zero-order valence-corrected chi connectivity index (χ0v) is 12.8. The largest absolute Gasteiger partial charge is 0.484 e. The molecule has 0 radical (unpaired) electrons. The van der Waals surface area contributed by atoms with E-state index in [2.05, 4.69) is 12.2 Å². The van der Waals surface area contributed by atoms with Crippen LogP contribution in [-0.4, -0.2) is 18.6 Å². The molecule has 0 bridgehead atoms. The molecule has 1 aliphatic carbocycles. The van der Waals surface area contributed by atoms with Crippen LogP contribution in [0.4, 0.5) is 0 Å². The quantitative estimate of drug-likeness (QED) is 0.811. The van der Waals surface area contributed by atoms with E-state index in [1.165, 1.54) is 37.7 Å². The number of benzene rings is 1. The fourth-order valence-electron chi connectivity index (χ4n) is 3.07. The lowest BCUT2D eigenvalue weighted by Crippen LogP contribution is -2.37. The summed E-state index contributed by atoms with van der Waals surface area (Å²) in [6.45, 7) is 3.10. The van der Waals surface area contributed by atoms with Crippen LogP contribution in [0.15, 0.2) is 24.3 Å². The van der Waals surface area contributed by atoms with Gasteiger partial charge in [0.2, 0.25) is 0 Å². The minimum absolute atomic E-state index is 0.0716. The molecule has 2 atom stereocenters. The van der Waals surface area contributed by atoms with Gasteiger partial charge in [0, 0.05) is 12.6 Å². The van der Waals surface area contributed by atoms with Crippen molar-refractivity contribution in [3.05, 3.63) is 29.8 Å². The summed E-state index contributed by atoms with van der Waals surface area (Å²) in [5.41, 5.74) is 6.29. The molecule has 1 saturated carbocycles. The van der Waals surface area contributed by atoms with Crippen LogP contribution < -0.4 is 15.8 Å². The molecule has 21 heavy (non-hydrogen) atoms. The summed E-state index contributed by atoms with van der Waals surface area (Å²) in [5, 5.41) is 3.69. The van der Waals surface area contributed by atoms with Crippen molar-refractivity contribution in [1.82, 2.24) is 5.32 Å². The summed E-state index contributed by atoms with van der Waals surface area (Å²) in [4.78, 5) is 10.7. The molecule has 0 aromatic heterocycles. The van der Waals surface area contributed by atoms with Crippen LogP contribution in [0.2, 0.25) is 0 Å². The number of rotatable bonds is 7. The van der Waals surface area contributed by atoms with Gasteiger partial charge in [-0.05, 0) is 36.5 Å². The first-order valence-electron chi connectivity index (χ1n) is 7.92. The molecule has 1 aliphatic rings. The van der Waals surface area contributed by atoms with Crippen LogP contribution in [0, 0.1) is 5.92 Å². The number of ether oxygens (including phenoxy) is 1. The van der Waals surface area contributed by atoms with E-state index in [1.54, 1.807) is 0 Å². The average molecular weight is 290 g/mol. The van der Waals surface area contributed by atoms with E-state index in [9.17, 15) is 4.79 Å². The molecule has 0 saturated heterocycles. The van der Waals surface area contributed by atoms with Crippen molar-refractivity contribution in [2.75, 3.05) is 6.61 Å². The maximum absolute atomic E-state index is 10.7. The van der Waals surface area contributed by atoms with Crippen molar-refractivity contribution < 1.29 is 9.53 Å². The zero-order valence-electron chi connectivity index (χ0n) is 12.8. The van der Waals surface area contributed by atoms with Crippen LogP contribution in [0.1, 0.15) is 44.6 Å². The fourth-order valence-corrected chi connectivity index (χ4v) is 3.07. The van der Waals surface area contributed by atoms with Crippen molar-refractivity contribution in [2.24, 2.45) is 11.7 Å². The Morgan fingerprint density at radius 1 is 1.29 bits per heavy atom. The maximum atomic E-state index is 10.7. The predicted molar refractivity (Wildman–Crippen MR) is 84.0 cm³/mol. The molecule has 116 valence electrons. The highest BCUT2D eigenvalue weighted by Gasteiger charge is 2.22. The summed E-state index contributed by atoms with van der Waals surface area (Å²) in [5.74, 6) is 1.04. The molecule has 0 aliphatic heterocycles. The third-order valence-corrected chi connectivity index (χ3v) is 4.31. The lowest BCUT2D eigenvalue weighted by Gasteiger charge is -2.31. The van der Waals surface area contributed by atoms with Gasteiger partial charge in [0.15, 0.2) is 6.61 Å². The second kappa shape index (κ2) is 8.03. The third kappa shape index (κ3) is 5.05. The van der Waals surface area contributed by atoms with E-state index in [1.807, 2.05) is 24.3 Å². The summed E-state index contributed by atoms with van der Waals surface area (Å²) in [6, 6.07) is 8.49. The summed E-state index contributed by atoms with van der Waals surface area (Å²) >= 11 is 0. The zero-order chi connectivity index (χ0) is 15.1. The SMILES string of the molecule is CCC1CCCCC1NCc1ccc(OCC(N)=O)cc1. The first kappa shape index (κ1) is 15.8. The topological polar surface area (TPSA) is 64.3 Å². The van der Waals surface area contributed by atoms with Gasteiger partial charge in [0.25, 0.3) is 5.91 Å². The number of amides is 1. The van der Waals surface area contributed by atoms with Gasteiger partial charge in [0.1, 0.15) is 5.75 Å². The molecule has 1 aromatic rings. The van der Waals surface area contributed by atoms with Gasteiger partial charge in [-0.15, -0.1) is 0 Å². The van der Waals surface area contributed by atoms with Gasteiger partial charge < -0.3 is 15.8 Å². The third-order valence-electron chi connectivity index (χ3n) is 4.31. The number of primary amides is 1. The first-order valence-corrected chi connectivity index (χ1v) is 7.92. The summed E-state index contributed by atoms with van der Waals surface area (Å²) in [7, 11) is 0. The highest BCUT2D eigenvalue weighted by Crippen LogP contribution is 2.27. The smallest absolute Gasteiger partial charge is 0.255 e. The van der Waals surface area contributed by atoms with E-state index in [-0.39, 0.29) is 6.61 Å². The molecule has 1 aromatic carbocycles. The van der Waals surface area contributed by atoms with Crippen molar-refractivity contribution in [3.63, 3.8) is 0 Å². The summed E-state index contributed by atoms with van der Waals surface area (Å²) in [6.07, 6.45) is 6.63. The van der Waals surface area contributed by atoms with Gasteiger partial charge in [0.05, 0.1) is 0 Å². The Labute approximate surface area is 127 Å². The van der Waals surface area contributed by atoms with E-state index < -0.39 is 5.91 Å². The predicted octanol–water partition coefficient (Wildman–Crippen LogP) is 2.61. The van der Waals surface area contributed by atoms with E-state index in [0.29, 0.717) is 11.8 Å². The van der Waals surface area contributed by atoms with Crippen LogP contribution in [0.3, 0.4) is 0 Å². The molecule has 2 rings (SSSR count). The first-order chi connectivity index (χ1) is 10.2. The molecule has 0 spiro atoms. The Balaban J connectivity index is 1.81. The number of hydrogen-bond acceptors (Lipinski definition) is 3. The highest BCUT2D eigenvalue weighted by molar-refractivity contribution is 5.75. The standard InChI is InChI=1S/C17H26N2O2/c1-2-14-5-3-4-6-16(14)19-11-13-7-9-15(10-8-13)21-12-17(18)20/h7-10,14,16,19H,2-6,11-12H2,1H3,(H2,18,20). The second-order valence-electron chi connectivity index (χ2n) is 5.84. The second-order valence-corrected chi connectivity index (χ2v) is 5.84. The number of nitrogens with two attached hydrogens (primary N) is 1. The van der Waals surface area contributed by atoms with Gasteiger partial charge in [-0.1, -0.05) is 38.3 Å². The molecule has 1 fully saturated rings. The molecular weight excluding hydrogens is 264 g/mol. The number of carbonyl (C=O) groups is 1. The monoisotopic (exact) mass is 290 g/mol. The van der Waals surface area contributed by atoms with Gasteiger partial charge >= 0.3 is 0 Å². The number of hydrogen-bond donors (Lipinski definition) is 2. The fraction of sp³-hybridized carbons (Fsp3) is 0.588. The molecule has 0 heterocycles. The van der Waals surface area contributed by atoms with Crippen LogP contribution in [0.25, 0.3) is 0 Å². The van der Waals surface area contributed by atoms with Crippen LogP contribution >= 0.6 is 0 Å². The van der Waals surface area contributed by atoms with Gasteiger partial charge in [-0.25, -0.2) is 0 Å². The van der Waals surface area contributed by atoms with E-state index >= 15 is 0 Å². The summed E-state index contributed by atoms with van der Waals surface area (Å²) < 4.78 is 5.26. The van der Waals surface area contributed by atoms with Crippen molar-refractivity contribution >= 4 is 5.91 Å². The highest BCUT2D eigenvalue weighted by atomic mass is 16.5. The Morgan fingerprint density at radius 3 is 2.67 bits per heavy atom. The minimum atomic E-state index is -0.455. The van der Waals surface area contributed by atoms with Crippen LogP contribution in [-0.2, 0) is 11.3 Å². The lowest BCUT2D eigenvalue weighted by molar-refractivity contribution is -0.119. The Hall–Kier alpha value is -1.55. The number of nitrogens with one attached hydrogen (secondary N) is 1. The van der Waals surface area contributed by atoms with Crippen LogP contribution in [0.5, 0.6) is 5.75 Å². The minimum Gasteiger partial charge on any atom is -0.484 e. The van der Waals surface area contributed by atoms with Gasteiger partial charge in [-0.3, -0.25) is 4.79 Å². The Kier molecular flexibility index (Phi) is 6.05. The van der Waals surface area contributed by atoms with Gasteiger partial charge in [-0.2, -0.15) is 0 Å². The normalized spacial score (nSPS) is 22.0. The van der Waals surface area contributed by atoms with E-state index in [0.717, 1.165) is 12.5 Å². The molecular formula is C17H26N2O2. The Bertz CT molecular complexity index is 445. The lowest BCUT2D eigenvalue weighted by atomic mass is 9.83. The maximum Gasteiger partial charge on any atom is 0.255 e. The van der Waals surface area contributed by atoms with Crippen molar-refractivity contribution in [1.29, 1.82) is 0 Å². The molecule has 1 amide bonds. The molecule has 3 N–H and O–H groups in total. The van der Waals surface area contributed by atoms with Crippen molar-refractivity contribution in [3.8, 4) is 5.75 Å². The van der Waals surface area contributed by atoms with E-state index in [4.69, 9.17) is 10.5 Å². The molecule has 4 nitrogen and oxygen atoms in total. The molecule has 4 heteroatoms. The molecule has 2 unspecified atom stereocenters. The average Bonchev–Trinajstić information content (AvgIpc) is 2.52. The van der Waals surface area contributed by atoms with Crippen molar-refractivity contribution in [2.45, 2.75) is 51.6 Å². The number of carbonyl (C=O) groups excluding carboxylic acids is 1.